The Morgan fingerprint density at radius 3 is 2.60 bits per heavy atom. The van der Waals surface area contributed by atoms with Gasteiger partial charge in [-0.3, -0.25) is 4.79 Å². The predicted octanol–water partition coefficient (Wildman–Crippen LogP) is 2.74. The third-order valence-electron chi connectivity index (χ3n) is 4.10. The van der Waals surface area contributed by atoms with Crippen molar-refractivity contribution in [2.75, 3.05) is 13.2 Å². The van der Waals surface area contributed by atoms with E-state index in [1.165, 1.54) is 5.56 Å². The quantitative estimate of drug-likeness (QED) is 0.806. The number of hydrogen-bond donors (Lipinski definition) is 1. The molecule has 1 saturated heterocycles. The van der Waals surface area contributed by atoms with Gasteiger partial charge in [0, 0.05) is 19.6 Å². The molecule has 25 heavy (non-hydrogen) atoms. The summed E-state index contributed by atoms with van der Waals surface area (Å²) in [6, 6.07) is 9.50. The van der Waals surface area contributed by atoms with E-state index in [0.29, 0.717) is 32.0 Å². The van der Waals surface area contributed by atoms with Crippen molar-refractivity contribution < 1.29 is 19.0 Å². The Morgan fingerprint density at radius 2 is 1.96 bits per heavy atom. The first-order valence-corrected chi connectivity index (χ1v) is 8.70. The van der Waals surface area contributed by atoms with E-state index in [4.69, 9.17) is 19.9 Å². The minimum absolute atomic E-state index is 0. The summed E-state index contributed by atoms with van der Waals surface area (Å²) in [6.45, 7) is 7.04. The molecular weight excluding hydrogens is 342 g/mol. The first kappa shape index (κ1) is 21.9. The van der Waals surface area contributed by atoms with Crippen molar-refractivity contribution in [2.24, 2.45) is 11.7 Å². The fourth-order valence-electron chi connectivity index (χ4n) is 2.77. The third-order valence-corrected chi connectivity index (χ3v) is 4.10. The summed E-state index contributed by atoms with van der Waals surface area (Å²) in [4.78, 5) is 12.0. The standard InChI is InChI=1S/C19H29NO4.ClH/c1-13(2)12-23-18-14(3)24-19(21)16(20)9-10-22-17(18)11-15-7-5-4-6-8-15;/h4-8,13-14,16-18H,9-12,20H2,1-3H3;1H/t14-,16-,17+,18-;/m0./s1. The molecular formula is C19H30ClNO4. The SMILES string of the molecule is CC(C)CO[C@H]1[C@H](C)OC(=O)[C@@H](N)CCO[C@@H]1Cc1ccccc1.Cl. The van der Waals surface area contributed by atoms with E-state index in [1.54, 1.807) is 0 Å². The molecule has 6 heteroatoms. The van der Waals surface area contributed by atoms with Crippen molar-refractivity contribution in [1.29, 1.82) is 0 Å². The van der Waals surface area contributed by atoms with Gasteiger partial charge in [0.05, 0.1) is 6.10 Å². The number of halogens is 1. The summed E-state index contributed by atoms with van der Waals surface area (Å²) < 4.78 is 17.7. The zero-order chi connectivity index (χ0) is 17.5. The Labute approximate surface area is 156 Å². The van der Waals surface area contributed by atoms with Crippen LogP contribution in [0, 0.1) is 5.92 Å². The Bertz CT molecular complexity index is 511. The molecule has 0 amide bonds. The number of benzene rings is 1. The molecule has 1 heterocycles. The molecule has 1 fully saturated rings. The second kappa shape index (κ2) is 10.8. The fraction of sp³-hybridized carbons (Fsp3) is 0.632. The molecule has 1 aromatic carbocycles. The highest BCUT2D eigenvalue weighted by Crippen LogP contribution is 2.20. The third kappa shape index (κ3) is 6.94. The van der Waals surface area contributed by atoms with Crippen molar-refractivity contribution in [2.45, 2.75) is 58.0 Å². The molecule has 0 aromatic heterocycles. The average Bonchev–Trinajstić information content (AvgIpc) is 2.58. The van der Waals surface area contributed by atoms with E-state index >= 15 is 0 Å². The van der Waals surface area contributed by atoms with Crippen molar-refractivity contribution in [1.82, 2.24) is 0 Å². The largest absolute Gasteiger partial charge is 0.459 e. The van der Waals surface area contributed by atoms with Crippen molar-refractivity contribution in [3.05, 3.63) is 35.9 Å². The van der Waals surface area contributed by atoms with Gasteiger partial charge in [0.1, 0.15) is 18.2 Å². The van der Waals surface area contributed by atoms with E-state index in [9.17, 15) is 4.79 Å². The minimum atomic E-state index is -0.645. The molecule has 142 valence electrons. The van der Waals surface area contributed by atoms with Crippen LogP contribution in [-0.4, -0.2) is 43.5 Å². The highest BCUT2D eigenvalue weighted by molar-refractivity contribution is 5.85. The Kier molecular flexibility index (Phi) is 9.43. The lowest BCUT2D eigenvalue weighted by Gasteiger charge is -2.31. The maximum Gasteiger partial charge on any atom is 0.323 e. The summed E-state index contributed by atoms with van der Waals surface area (Å²) in [5, 5.41) is 0. The maximum absolute atomic E-state index is 12.0. The van der Waals surface area contributed by atoms with E-state index in [-0.39, 0.29) is 30.6 Å². The molecule has 0 aliphatic carbocycles. The number of hydrogen-bond acceptors (Lipinski definition) is 5. The van der Waals surface area contributed by atoms with Gasteiger partial charge in [-0.25, -0.2) is 0 Å². The van der Waals surface area contributed by atoms with Crippen molar-refractivity contribution >= 4 is 18.4 Å². The van der Waals surface area contributed by atoms with Gasteiger partial charge in [-0.15, -0.1) is 12.4 Å². The number of ether oxygens (including phenoxy) is 3. The van der Waals surface area contributed by atoms with Crippen LogP contribution in [0.5, 0.6) is 0 Å². The average molecular weight is 372 g/mol. The molecule has 0 saturated carbocycles. The normalized spacial score (nSPS) is 27.6. The van der Waals surface area contributed by atoms with Crippen LogP contribution in [-0.2, 0) is 25.4 Å². The van der Waals surface area contributed by atoms with Gasteiger partial charge in [0.15, 0.2) is 0 Å². The number of carbonyl (C=O) groups excluding carboxylic acids is 1. The number of esters is 1. The van der Waals surface area contributed by atoms with Crippen LogP contribution < -0.4 is 5.73 Å². The monoisotopic (exact) mass is 371 g/mol. The lowest BCUT2D eigenvalue weighted by atomic mass is 10.00. The summed E-state index contributed by atoms with van der Waals surface area (Å²) in [5.41, 5.74) is 7.02. The summed E-state index contributed by atoms with van der Waals surface area (Å²) in [5.74, 6) is 0.00442. The molecule has 5 nitrogen and oxygen atoms in total. The van der Waals surface area contributed by atoms with Crippen LogP contribution in [0.4, 0.5) is 0 Å². The highest BCUT2D eigenvalue weighted by atomic mass is 35.5. The first-order valence-electron chi connectivity index (χ1n) is 8.70. The Hall–Kier alpha value is -1.14. The number of nitrogens with two attached hydrogens (primary N) is 1. The molecule has 1 aromatic rings. The van der Waals surface area contributed by atoms with E-state index < -0.39 is 12.1 Å². The van der Waals surface area contributed by atoms with Gasteiger partial charge in [0.2, 0.25) is 0 Å². The summed E-state index contributed by atoms with van der Waals surface area (Å²) >= 11 is 0. The fourth-order valence-corrected chi connectivity index (χ4v) is 2.77. The summed E-state index contributed by atoms with van der Waals surface area (Å²) in [7, 11) is 0. The first-order chi connectivity index (χ1) is 11.5. The van der Waals surface area contributed by atoms with Gasteiger partial charge in [0.25, 0.3) is 0 Å². The van der Waals surface area contributed by atoms with Crippen LogP contribution in [0.3, 0.4) is 0 Å². The Morgan fingerprint density at radius 1 is 1.28 bits per heavy atom. The van der Waals surface area contributed by atoms with Crippen LogP contribution in [0.15, 0.2) is 30.3 Å². The highest BCUT2D eigenvalue weighted by Gasteiger charge is 2.34. The van der Waals surface area contributed by atoms with E-state index in [0.717, 1.165) is 0 Å². The zero-order valence-corrected chi connectivity index (χ0v) is 16.0. The van der Waals surface area contributed by atoms with Crippen LogP contribution in [0.1, 0.15) is 32.8 Å². The van der Waals surface area contributed by atoms with Gasteiger partial charge < -0.3 is 19.9 Å². The predicted molar refractivity (Wildman–Crippen MR) is 99.9 cm³/mol. The second-order valence-corrected chi connectivity index (χ2v) is 6.83. The van der Waals surface area contributed by atoms with Gasteiger partial charge in [-0.05, 0) is 24.8 Å². The lowest BCUT2D eigenvalue weighted by molar-refractivity contribution is -0.164. The Balaban J connectivity index is 0.00000312. The molecule has 0 radical (unpaired) electrons. The van der Waals surface area contributed by atoms with Crippen LogP contribution in [0.25, 0.3) is 0 Å². The lowest BCUT2D eigenvalue weighted by Crippen LogP contribution is -2.44. The number of rotatable bonds is 5. The maximum atomic E-state index is 12.0. The molecule has 0 bridgehead atoms. The van der Waals surface area contributed by atoms with Gasteiger partial charge in [-0.2, -0.15) is 0 Å². The van der Waals surface area contributed by atoms with E-state index in [2.05, 4.69) is 26.0 Å². The van der Waals surface area contributed by atoms with E-state index in [1.807, 2.05) is 25.1 Å². The van der Waals surface area contributed by atoms with Gasteiger partial charge >= 0.3 is 5.97 Å². The number of cyclic esters (lactones) is 1. The number of carbonyl (C=O) groups is 1. The second-order valence-electron chi connectivity index (χ2n) is 6.83. The smallest absolute Gasteiger partial charge is 0.323 e. The molecule has 2 rings (SSSR count). The molecule has 2 N–H and O–H groups in total. The topological polar surface area (TPSA) is 70.8 Å². The molecule has 1 aliphatic rings. The van der Waals surface area contributed by atoms with Crippen molar-refractivity contribution in [3.63, 3.8) is 0 Å². The van der Waals surface area contributed by atoms with Crippen LogP contribution >= 0.6 is 12.4 Å². The van der Waals surface area contributed by atoms with Gasteiger partial charge in [-0.1, -0.05) is 44.2 Å². The molecule has 0 unspecified atom stereocenters. The molecule has 1 aliphatic heterocycles. The molecule has 4 atom stereocenters. The van der Waals surface area contributed by atoms with Crippen molar-refractivity contribution in [3.8, 4) is 0 Å². The molecule has 0 spiro atoms. The summed E-state index contributed by atoms with van der Waals surface area (Å²) in [6.07, 6.45) is 0.254. The zero-order valence-electron chi connectivity index (χ0n) is 15.2. The minimum Gasteiger partial charge on any atom is -0.459 e. The van der Waals surface area contributed by atoms with Crippen LogP contribution in [0.2, 0.25) is 0 Å².